The van der Waals surface area contributed by atoms with Crippen LogP contribution in [0, 0.1) is 13.8 Å². The number of nitrogens with one attached hydrogen (secondary N) is 1. The van der Waals surface area contributed by atoms with Gasteiger partial charge in [-0.25, -0.2) is 4.98 Å². The summed E-state index contributed by atoms with van der Waals surface area (Å²) >= 11 is 0. The lowest BCUT2D eigenvalue weighted by atomic mass is 10.0. The van der Waals surface area contributed by atoms with Crippen LogP contribution in [0.15, 0.2) is 42.7 Å². The third kappa shape index (κ3) is 3.83. The number of carbonyl (C=O) groups excluding carboxylic acids is 1. The summed E-state index contributed by atoms with van der Waals surface area (Å²) in [6, 6.07) is 9.49. The molecule has 31 heavy (non-hydrogen) atoms. The molecule has 0 aliphatic rings. The van der Waals surface area contributed by atoms with E-state index in [0.29, 0.717) is 5.56 Å². The molecule has 0 fully saturated rings. The molecule has 160 valence electrons. The Bertz CT molecular complexity index is 1250. The zero-order valence-corrected chi connectivity index (χ0v) is 18.7. The van der Waals surface area contributed by atoms with Gasteiger partial charge in [0.1, 0.15) is 0 Å². The molecular weight excluding hydrogens is 388 g/mol. The molecule has 1 amide bonds. The Labute approximate surface area is 182 Å². The molecule has 4 aromatic rings. The first-order valence-electron chi connectivity index (χ1n) is 10.7. The Balaban J connectivity index is 1.75. The largest absolute Gasteiger partial charge is 0.345 e. The minimum atomic E-state index is -0.112. The van der Waals surface area contributed by atoms with E-state index >= 15 is 0 Å². The topological polar surface area (TPSA) is 77.6 Å². The highest BCUT2D eigenvalue weighted by Crippen LogP contribution is 2.28. The van der Waals surface area contributed by atoms with Gasteiger partial charge in [0.2, 0.25) is 0 Å². The highest BCUT2D eigenvalue weighted by atomic mass is 16.1. The van der Waals surface area contributed by atoms with Gasteiger partial charge in [0, 0.05) is 42.0 Å². The number of pyridine rings is 1. The van der Waals surface area contributed by atoms with Gasteiger partial charge in [-0.1, -0.05) is 25.1 Å². The molecule has 0 spiro atoms. The molecule has 0 radical (unpaired) electrons. The lowest BCUT2D eigenvalue weighted by molar-refractivity contribution is 0.0937. The predicted molar refractivity (Wildman–Crippen MR) is 122 cm³/mol. The fourth-order valence-electron chi connectivity index (χ4n) is 4.20. The van der Waals surface area contributed by atoms with Gasteiger partial charge in [-0.05, 0) is 39.3 Å². The molecule has 1 N–H and O–H groups in total. The van der Waals surface area contributed by atoms with E-state index in [-0.39, 0.29) is 11.9 Å². The minimum Gasteiger partial charge on any atom is -0.345 e. The summed E-state index contributed by atoms with van der Waals surface area (Å²) in [5.41, 5.74) is 6.17. The highest BCUT2D eigenvalue weighted by Gasteiger charge is 2.23. The van der Waals surface area contributed by atoms with Crippen LogP contribution in [0.2, 0.25) is 0 Å². The van der Waals surface area contributed by atoms with Gasteiger partial charge in [-0.15, -0.1) is 0 Å². The molecular formula is C24H28N6O. The second-order valence-corrected chi connectivity index (χ2v) is 7.81. The first kappa shape index (κ1) is 20.8. The standard InChI is InChI=1S/C24H28N6O/c1-6-20(23-15(3)28-30(7-2)16(23)4)27-24(31)19-12-22(17-13-25-29(5)14-17)26-21-11-9-8-10-18(19)21/h8-14,20H,6-7H2,1-5H3,(H,27,31)/t20-/m0/s1. The summed E-state index contributed by atoms with van der Waals surface area (Å²) in [4.78, 5) is 18.3. The van der Waals surface area contributed by atoms with E-state index in [9.17, 15) is 4.79 Å². The maximum Gasteiger partial charge on any atom is 0.252 e. The fourth-order valence-corrected chi connectivity index (χ4v) is 4.20. The Hall–Kier alpha value is -3.48. The average molecular weight is 417 g/mol. The summed E-state index contributed by atoms with van der Waals surface area (Å²) in [7, 11) is 1.87. The number of aryl methyl sites for hydroxylation is 3. The second kappa shape index (κ2) is 8.34. The van der Waals surface area contributed by atoms with Crippen LogP contribution in [0.1, 0.15) is 53.6 Å². The maximum absolute atomic E-state index is 13.5. The van der Waals surface area contributed by atoms with Gasteiger partial charge < -0.3 is 5.32 Å². The molecule has 0 saturated carbocycles. The monoisotopic (exact) mass is 416 g/mol. The van der Waals surface area contributed by atoms with E-state index in [2.05, 4.69) is 36.3 Å². The molecule has 0 aliphatic heterocycles. The lowest BCUT2D eigenvalue weighted by Gasteiger charge is -2.19. The number of rotatable bonds is 6. The number of hydrogen-bond acceptors (Lipinski definition) is 4. The molecule has 3 aromatic heterocycles. The van der Waals surface area contributed by atoms with E-state index in [1.807, 2.05) is 55.2 Å². The van der Waals surface area contributed by atoms with E-state index in [4.69, 9.17) is 4.98 Å². The van der Waals surface area contributed by atoms with Gasteiger partial charge in [0.25, 0.3) is 5.91 Å². The molecule has 0 bridgehead atoms. The molecule has 1 aromatic carbocycles. The number of fused-ring (bicyclic) bond motifs is 1. The third-order valence-corrected chi connectivity index (χ3v) is 5.76. The normalized spacial score (nSPS) is 12.3. The van der Waals surface area contributed by atoms with Crippen molar-refractivity contribution in [2.75, 3.05) is 0 Å². The van der Waals surface area contributed by atoms with Gasteiger partial charge in [0.05, 0.1) is 34.7 Å². The van der Waals surface area contributed by atoms with Crippen LogP contribution in [0.5, 0.6) is 0 Å². The number of hydrogen-bond donors (Lipinski definition) is 1. The number of amides is 1. The smallest absolute Gasteiger partial charge is 0.252 e. The minimum absolute atomic E-state index is 0.110. The number of para-hydroxylation sites is 1. The van der Waals surface area contributed by atoms with E-state index in [0.717, 1.165) is 52.1 Å². The molecule has 7 heteroatoms. The molecule has 4 rings (SSSR count). The zero-order valence-electron chi connectivity index (χ0n) is 18.7. The first-order valence-corrected chi connectivity index (χ1v) is 10.7. The quantitative estimate of drug-likeness (QED) is 0.507. The van der Waals surface area contributed by atoms with Gasteiger partial charge in [-0.2, -0.15) is 10.2 Å². The molecule has 0 aliphatic carbocycles. The van der Waals surface area contributed by atoms with Crippen molar-refractivity contribution in [3.63, 3.8) is 0 Å². The van der Waals surface area contributed by atoms with Crippen molar-refractivity contribution >= 4 is 16.8 Å². The van der Waals surface area contributed by atoms with E-state index in [1.54, 1.807) is 10.9 Å². The van der Waals surface area contributed by atoms with Crippen molar-refractivity contribution in [1.29, 1.82) is 0 Å². The van der Waals surface area contributed by atoms with Crippen LogP contribution in [-0.2, 0) is 13.6 Å². The van der Waals surface area contributed by atoms with Crippen LogP contribution < -0.4 is 5.32 Å². The molecule has 3 heterocycles. The summed E-state index contributed by atoms with van der Waals surface area (Å²) in [6.07, 6.45) is 4.44. The van der Waals surface area contributed by atoms with Crippen molar-refractivity contribution in [3.05, 3.63) is 65.2 Å². The summed E-state index contributed by atoms with van der Waals surface area (Å²) in [5.74, 6) is -0.112. The van der Waals surface area contributed by atoms with Gasteiger partial charge in [-0.3, -0.25) is 14.2 Å². The SMILES string of the molecule is CC[C@H](NC(=O)c1cc(-c2cnn(C)c2)nc2ccccc12)c1c(C)nn(CC)c1C. The molecule has 0 unspecified atom stereocenters. The van der Waals surface area contributed by atoms with Crippen molar-refractivity contribution < 1.29 is 4.79 Å². The number of benzene rings is 1. The van der Waals surface area contributed by atoms with Crippen LogP contribution >= 0.6 is 0 Å². The van der Waals surface area contributed by atoms with Gasteiger partial charge >= 0.3 is 0 Å². The Kier molecular flexibility index (Phi) is 5.59. The third-order valence-electron chi connectivity index (χ3n) is 5.76. The first-order chi connectivity index (χ1) is 14.9. The zero-order chi connectivity index (χ0) is 22.1. The Morgan fingerprint density at radius 3 is 2.61 bits per heavy atom. The van der Waals surface area contributed by atoms with Crippen molar-refractivity contribution in [2.24, 2.45) is 7.05 Å². The lowest BCUT2D eigenvalue weighted by Crippen LogP contribution is -2.29. The summed E-state index contributed by atoms with van der Waals surface area (Å²) in [6.45, 7) is 9.03. The highest BCUT2D eigenvalue weighted by molar-refractivity contribution is 6.07. The molecule has 0 saturated heterocycles. The Morgan fingerprint density at radius 1 is 1.19 bits per heavy atom. The molecule has 1 atom stereocenters. The predicted octanol–water partition coefficient (Wildman–Crippen LogP) is 4.35. The van der Waals surface area contributed by atoms with Crippen molar-refractivity contribution in [3.8, 4) is 11.3 Å². The van der Waals surface area contributed by atoms with Crippen molar-refractivity contribution in [2.45, 2.75) is 46.7 Å². The summed E-state index contributed by atoms with van der Waals surface area (Å²) in [5, 5.41) is 13.0. The van der Waals surface area contributed by atoms with Crippen LogP contribution in [0.25, 0.3) is 22.2 Å². The van der Waals surface area contributed by atoms with E-state index < -0.39 is 0 Å². The maximum atomic E-state index is 13.5. The fraction of sp³-hybridized carbons (Fsp3) is 0.333. The van der Waals surface area contributed by atoms with Gasteiger partial charge in [0.15, 0.2) is 0 Å². The van der Waals surface area contributed by atoms with E-state index in [1.165, 1.54) is 0 Å². The second-order valence-electron chi connectivity index (χ2n) is 7.81. The van der Waals surface area contributed by atoms with Crippen LogP contribution in [0.4, 0.5) is 0 Å². The average Bonchev–Trinajstić information content (AvgIpc) is 3.33. The van der Waals surface area contributed by atoms with Crippen LogP contribution in [0.3, 0.4) is 0 Å². The van der Waals surface area contributed by atoms with Crippen molar-refractivity contribution in [1.82, 2.24) is 29.9 Å². The Morgan fingerprint density at radius 2 is 1.97 bits per heavy atom. The number of nitrogens with zero attached hydrogens (tertiary/aromatic N) is 5. The van der Waals surface area contributed by atoms with Crippen LogP contribution in [-0.4, -0.2) is 30.5 Å². The number of aromatic nitrogens is 5. The molecule has 7 nitrogen and oxygen atoms in total. The summed E-state index contributed by atoms with van der Waals surface area (Å²) < 4.78 is 3.72. The number of carbonyl (C=O) groups is 1.